The summed E-state index contributed by atoms with van der Waals surface area (Å²) in [6.07, 6.45) is 9.61. The number of cyclic esters (lactones) is 1. The standard InChI is InChI=1S/C25H38O5.Mg.2H/c1-6-25(4,5)24(28)30-21-12-15(2)11-17-8-7-16(3)20(23(17)21)10-9-19-13-18(26)14-22(27)29-19;;;/h7-8,11,15-16,18-21,23,26H,6,9-10,12-14H2,1-5H3;;;/q;+2;2*-1/t15-,16-,18+,19+,20-,21-,23-;;;/m0.../s1. The van der Waals surface area contributed by atoms with Gasteiger partial charge in [0.05, 0.1) is 17.9 Å². The minimum absolute atomic E-state index is 0. The first kappa shape index (κ1) is 26.4. The number of hydrogen-bond acceptors (Lipinski definition) is 5. The Morgan fingerprint density at radius 3 is 2.65 bits per heavy atom. The van der Waals surface area contributed by atoms with Crippen molar-refractivity contribution in [3.8, 4) is 0 Å². The molecule has 1 aliphatic heterocycles. The van der Waals surface area contributed by atoms with Gasteiger partial charge in [-0.25, -0.2) is 0 Å². The van der Waals surface area contributed by atoms with Gasteiger partial charge in [0.25, 0.3) is 0 Å². The van der Waals surface area contributed by atoms with Gasteiger partial charge in [-0.15, -0.1) is 0 Å². The Morgan fingerprint density at radius 2 is 2.00 bits per heavy atom. The van der Waals surface area contributed by atoms with E-state index >= 15 is 0 Å². The predicted octanol–water partition coefficient (Wildman–Crippen LogP) is 4.43. The van der Waals surface area contributed by atoms with E-state index < -0.39 is 11.5 Å². The van der Waals surface area contributed by atoms with Crippen LogP contribution in [0.4, 0.5) is 0 Å². The van der Waals surface area contributed by atoms with Crippen molar-refractivity contribution in [2.45, 2.75) is 91.5 Å². The van der Waals surface area contributed by atoms with Gasteiger partial charge in [0.2, 0.25) is 0 Å². The number of aliphatic hydroxyl groups excluding tert-OH is 1. The van der Waals surface area contributed by atoms with Gasteiger partial charge in [0, 0.05) is 12.3 Å². The van der Waals surface area contributed by atoms with E-state index in [1.807, 2.05) is 20.8 Å². The van der Waals surface area contributed by atoms with Crippen LogP contribution in [-0.2, 0) is 19.1 Å². The molecule has 0 bridgehead atoms. The van der Waals surface area contributed by atoms with Gasteiger partial charge >= 0.3 is 35.0 Å². The Kier molecular flexibility index (Phi) is 9.23. The Balaban J connectivity index is 0.00000341. The van der Waals surface area contributed by atoms with Gasteiger partial charge in [-0.2, -0.15) is 0 Å². The average Bonchev–Trinajstić information content (AvgIpc) is 2.66. The van der Waals surface area contributed by atoms with Crippen molar-refractivity contribution in [2.75, 3.05) is 0 Å². The molecule has 1 heterocycles. The molecule has 0 aromatic heterocycles. The Bertz CT molecular complexity index is 724. The molecule has 172 valence electrons. The van der Waals surface area contributed by atoms with E-state index in [2.05, 4.69) is 32.1 Å². The Hall–Kier alpha value is -0.854. The van der Waals surface area contributed by atoms with E-state index in [1.54, 1.807) is 0 Å². The van der Waals surface area contributed by atoms with E-state index in [-0.39, 0.29) is 62.4 Å². The number of fused-ring (bicyclic) bond motifs is 1. The first-order chi connectivity index (χ1) is 14.1. The van der Waals surface area contributed by atoms with E-state index in [9.17, 15) is 14.7 Å². The van der Waals surface area contributed by atoms with Gasteiger partial charge in [-0.1, -0.05) is 39.0 Å². The van der Waals surface area contributed by atoms with Crippen molar-refractivity contribution < 1.29 is 27.0 Å². The summed E-state index contributed by atoms with van der Waals surface area (Å²) < 4.78 is 11.6. The van der Waals surface area contributed by atoms with Crippen molar-refractivity contribution >= 4 is 35.0 Å². The maximum Gasteiger partial charge on any atom is 2.00 e. The number of carbonyl (C=O) groups excluding carboxylic acids is 2. The van der Waals surface area contributed by atoms with Gasteiger partial charge in [-0.05, 0) is 62.9 Å². The number of allylic oxidation sites excluding steroid dienone is 3. The molecule has 5 nitrogen and oxygen atoms in total. The third-order valence-corrected chi connectivity index (χ3v) is 7.35. The summed E-state index contributed by atoms with van der Waals surface area (Å²) in [4.78, 5) is 24.6. The van der Waals surface area contributed by atoms with Crippen LogP contribution in [0, 0.1) is 29.1 Å². The minimum Gasteiger partial charge on any atom is -1.00 e. The molecule has 1 saturated heterocycles. The van der Waals surface area contributed by atoms with Gasteiger partial charge in [0.1, 0.15) is 12.2 Å². The van der Waals surface area contributed by atoms with Gasteiger partial charge in [0.15, 0.2) is 0 Å². The molecular weight excluding hydrogens is 405 g/mol. The second kappa shape index (κ2) is 10.8. The van der Waals surface area contributed by atoms with Crippen molar-refractivity contribution in [3.05, 3.63) is 23.8 Å². The summed E-state index contributed by atoms with van der Waals surface area (Å²) in [5.74, 6) is 0.776. The number of rotatable bonds is 6. The summed E-state index contributed by atoms with van der Waals surface area (Å²) >= 11 is 0. The van der Waals surface area contributed by atoms with Gasteiger partial charge in [-0.3, -0.25) is 9.59 Å². The minimum atomic E-state index is -0.601. The molecule has 7 atom stereocenters. The van der Waals surface area contributed by atoms with E-state index in [0.717, 1.165) is 25.7 Å². The molecule has 1 N–H and O–H groups in total. The maximum atomic E-state index is 12.9. The van der Waals surface area contributed by atoms with Crippen molar-refractivity contribution in [1.82, 2.24) is 0 Å². The van der Waals surface area contributed by atoms with Crippen LogP contribution in [-0.4, -0.2) is 58.4 Å². The average molecular weight is 445 g/mol. The summed E-state index contributed by atoms with van der Waals surface area (Å²) in [5, 5.41) is 9.92. The molecule has 1 fully saturated rings. The molecule has 0 saturated carbocycles. The molecule has 3 rings (SSSR count). The molecule has 0 radical (unpaired) electrons. The van der Waals surface area contributed by atoms with Crippen LogP contribution in [0.5, 0.6) is 0 Å². The summed E-state index contributed by atoms with van der Waals surface area (Å²) in [6, 6.07) is 0. The normalized spacial score (nSPS) is 35.4. The summed E-state index contributed by atoms with van der Waals surface area (Å²) in [7, 11) is 0. The Morgan fingerprint density at radius 1 is 1.29 bits per heavy atom. The SMILES string of the molecule is CCC(C)(C)C(=O)O[C@H]1C[C@@H](C)C=C2C=C[C@H](C)[C@H](CC[C@@H]3C[C@@H](O)CC(=O)O3)[C@H]21.[H-].[H-].[Mg+2]. The van der Waals surface area contributed by atoms with Crippen LogP contribution in [0.25, 0.3) is 0 Å². The fourth-order valence-electron chi connectivity index (χ4n) is 5.08. The van der Waals surface area contributed by atoms with Crippen LogP contribution in [0.1, 0.15) is 76.0 Å². The predicted molar refractivity (Wildman–Crippen MR) is 123 cm³/mol. The Labute approximate surface area is 206 Å². The molecule has 0 unspecified atom stereocenters. The molecule has 2 aliphatic carbocycles. The fraction of sp³-hybridized carbons (Fsp3) is 0.760. The van der Waals surface area contributed by atoms with Crippen LogP contribution in [0.2, 0.25) is 0 Å². The molecule has 31 heavy (non-hydrogen) atoms. The zero-order chi connectivity index (χ0) is 22.1. The molecular formula is C25H40MgO5. The fourth-order valence-corrected chi connectivity index (χ4v) is 5.08. The van der Waals surface area contributed by atoms with E-state index in [4.69, 9.17) is 9.47 Å². The first-order valence-electron chi connectivity index (χ1n) is 11.6. The van der Waals surface area contributed by atoms with Crippen LogP contribution < -0.4 is 0 Å². The van der Waals surface area contributed by atoms with Crippen molar-refractivity contribution in [1.29, 1.82) is 0 Å². The molecule has 0 spiro atoms. The van der Waals surface area contributed by atoms with Crippen LogP contribution >= 0.6 is 0 Å². The van der Waals surface area contributed by atoms with Crippen LogP contribution in [0.3, 0.4) is 0 Å². The zero-order valence-corrected chi connectivity index (χ0v) is 21.2. The zero-order valence-electron chi connectivity index (χ0n) is 21.8. The topological polar surface area (TPSA) is 72.8 Å². The second-order valence-electron chi connectivity index (χ2n) is 10.3. The van der Waals surface area contributed by atoms with E-state index in [0.29, 0.717) is 24.2 Å². The molecule has 0 amide bonds. The molecule has 0 aromatic carbocycles. The summed E-state index contributed by atoms with van der Waals surface area (Å²) in [5.41, 5.74) is 0.785. The monoisotopic (exact) mass is 444 g/mol. The molecule has 0 aromatic rings. The number of ether oxygens (including phenoxy) is 2. The van der Waals surface area contributed by atoms with Crippen molar-refractivity contribution in [2.24, 2.45) is 29.1 Å². The molecule has 3 aliphatic rings. The van der Waals surface area contributed by atoms with Gasteiger partial charge < -0.3 is 17.4 Å². The quantitative estimate of drug-likeness (QED) is 0.484. The summed E-state index contributed by atoms with van der Waals surface area (Å²) in [6.45, 7) is 10.3. The largest absolute Gasteiger partial charge is 2.00 e. The smallest absolute Gasteiger partial charge is 1.00 e. The number of esters is 2. The third-order valence-electron chi connectivity index (χ3n) is 7.35. The second-order valence-corrected chi connectivity index (χ2v) is 10.3. The molecule has 6 heteroatoms. The third kappa shape index (κ3) is 6.35. The maximum absolute atomic E-state index is 12.9. The number of carbonyl (C=O) groups is 2. The first-order valence-corrected chi connectivity index (χ1v) is 11.6. The van der Waals surface area contributed by atoms with Crippen molar-refractivity contribution in [3.63, 3.8) is 0 Å². The van der Waals surface area contributed by atoms with E-state index in [1.165, 1.54) is 5.57 Å². The van der Waals surface area contributed by atoms with Crippen LogP contribution in [0.15, 0.2) is 23.8 Å². The number of hydrogen-bond donors (Lipinski definition) is 1. The number of aliphatic hydroxyl groups is 1.